The largest absolute Gasteiger partial charge is 0.309 e. The fourth-order valence-corrected chi connectivity index (χ4v) is 14.5. The van der Waals surface area contributed by atoms with Gasteiger partial charge in [-0.15, -0.1) is 0 Å². The van der Waals surface area contributed by atoms with E-state index in [-0.39, 0.29) is 22.2 Å². The third-order valence-electron chi connectivity index (χ3n) is 18.7. The molecule has 0 aliphatic carbocycles. The summed E-state index contributed by atoms with van der Waals surface area (Å²) in [7, 11) is 0. The van der Waals surface area contributed by atoms with E-state index in [0.717, 1.165) is 124 Å². The summed E-state index contributed by atoms with van der Waals surface area (Å²) in [5, 5.41) is 21.7. The molecular formula is C76H58N8. The van der Waals surface area contributed by atoms with Gasteiger partial charge in [0.05, 0.1) is 105 Å². The molecule has 8 nitrogen and oxygen atoms in total. The average Bonchev–Trinajstić information content (AvgIpc) is 0.947. The van der Waals surface area contributed by atoms with Crippen LogP contribution in [-0.4, -0.2) is 0 Å². The zero-order valence-corrected chi connectivity index (χ0v) is 48.2. The van der Waals surface area contributed by atoms with Crippen LogP contribution in [0, 0.1) is 35.8 Å². The van der Waals surface area contributed by atoms with E-state index in [9.17, 15) is 10.5 Å². The second-order valence-corrected chi connectivity index (χ2v) is 24.5. The molecule has 4 aliphatic heterocycles. The molecule has 0 bridgehead atoms. The van der Waals surface area contributed by atoms with Gasteiger partial charge in [0.2, 0.25) is 11.4 Å². The van der Waals surface area contributed by atoms with Crippen molar-refractivity contribution in [3.63, 3.8) is 0 Å². The maximum atomic E-state index is 10.9. The van der Waals surface area contributed by atoms with Crippen molar-refractivity contribution in [2.75, 3.05) is 19.6 Å². The lowest BCUT2D eigenvalue weighted by Crippen LogP contribution is -2.33. The number of benzene rings is 10. The molecule has 0 unspecified atom stereocenters. The smallest absolute Gasteiger partial charge is 0.206 e. The standard InChI is InChI=1S/C76H58N8/c1-73(2)51-25-11-17-31-60(51)81(61-32-18-12-26-52(61)73)69-42-49(46-78)59(80-10)44-71(69)84-65-36-22-16-30-56(65)76(7,8)72-50(24-23-37-67(72)84)47-38-39-66-57(40-47)75(5,6)55-29-15-21-35-64(55)83(66)68-41-48(45-77)58(79-9)43-70(68)82-62-33-19-13-27-53(62)74(3,4)54-28-14-20-34-63(54)82/h11-44H,1-8H3. The Hall–Kier alpha value is -10.6. The molecule has 0 N–H and O–H groups in total. The van der Waals surface area contributed by atoms with E-state index in [1.54, 1.807) is 0 Å². The molecule has 10 aromatic carbocycles. The van der Waals surface area contributed by atoms with Gasteiger partial charge in [0.25, 0.3) is 0 Å². The van der Waals surface area contributed by atoms with Gasteiger partial charge in [-0.3, -0.25) is 0 Å². The van der Waals surface area contributed by atoms with E-state index in [0.29, 0.717) is 11.1 Å². The van der Waals surface area contributed by atoms with Crippen molar-refractivity contribution < 1.29 is 0 Å². The summed E-state index contributed by atoms with van der Waals surface area (Å²) in [5.41, 5.74) is 21.9. The molecule has 0 atom stereocenters. The normalized spacial score (nSPS) is 15.6. The summed E-state index contributed by atoms with van der Waals surface area (Å²) in [4.78, 5) is 17.2. The highest BCUT2D eigenvalue weighted by molar-refractivity contribution is 6.02. The lowest BCUT2D eigenvalue weighted by molar-refractivity contribution is 0.629. The fraction of sp³-hybridized carbons (Fsp3) is 0.158. The Morgan fingerprint density at radius 2 is 0.607 bits per heavy atom. The number of rotatable bonds is 5. The maximum absolute atomic E-state index is 10.9. The summed E-state index contributed by atoms with van der Waals surface area (Å²) in [5.74, 6) is 0. The minimum absolute atomic E-state index is 0.281. The highest BCUT2D eigenvalue weighted by atomic mass is 15.2. The number of anilines is 12. The van der Waals surface area contributed by atoms with Gasteiger partial charge in [-0.05, 0) is 134 Å². The van der Waals surface area contributed by atoms with Crippen LogP contribution in [0.2, 0.25) is 0 Å². The highest BCUT2D eigenvalue weighted by Gasteiger charge is 2.45. The van der Waals surface area contributed by atoms with Crippen LogP contribution in [0.4, 0.5) is 79.6 Å². The van der Waals surface area contributed by atoms with Crippen molar-refractivity contribution in [2.45, 2.75) is 77.0 Å². The molecule has 10 aromatic rings. The molecule has 0 saturated heterocycles. The van der Waals surface area contributed by atoms with Crippen molar-refractivity contribution in [1.82, 2.24) is 0 Å². The molecule has 14 rings (SSSR count). The lowest BCUT2D eigenvalue weighted by Gasteiger charge is -2.46. The molecule has 0 amide bonds. The van der Waals surface area contributed by atoms with E-state index < -0.39 is 10.8 Å². The number of nitrogens with zero attached hydrogens (tertiary/aromatic N) is 8. The number of fused-ring (bicyclic) bond motifs is 8. The minimum Gasteiger partial charge on any atom is -0.309 e. The van der Waals surface area contributed by atoms with Gasteiger partial charge in [-0.25, -0.2) is 9.69 Å². The maximum Gasteiger partial charge on any atom is 0.206 e. The second kappa shape index (κ2) is 18.4. The first kappa shape index (κ1) is 51.5. The van der Waals surface area contributed by atoms with Crippen LogP contribution in [0.3, 0.4) is 0 Å². The van der Waals surface area contributed by atoms with Gasteiger partial charge < -0.3 is 19.6 Å². The molecule has 0 fully saturated rings. The zero-order valence-electron chi connectivity index (χ0n) is 48.2. The highest BCUT2D eigenvalue weighted by Crippen LogP contribution is 2.62. The summed E-state index contributed by atoms with van der Waals surface area (Å²) in [6, 6.07) is 77.3. The third-order valence-corrected chi connectivity index (χ3v) is 18.7. The van der Waals surface area contributed by atoms with Crippen LogP contribution in [0.25, 0.3) is 20.8 Å². The minimum atomic E-state index is -0.532. The molecule has 0 spiro atoms. The SMILES string of the molecule is [C-]#[N+]c1cc(N2c3ccccc3C(C)(C)c3ccccc32)c(N2c3ccccc3C(C)(C)c3cc(-c4cccc5c4C(C)(C)c4ccccc4N5c4cc([N+]#[C-])c(C#N)cc4N4c5ccccc5C(C)(C)c5ccccc54)ccc32)cc1C#N. The van der Waals surface area contributed by atoms with Crippen LogP contribution in [0.5, 0.6) is 0 Å². The number of hydrogen-bond acceptors (Lipinski definition) is 6. The molecule has 402 valence electrons. The van der Waals surface area contributed by atoms with Crippen molar-refractivity contribution in [3.05, 3.63) is 285 Å². The average molecular weight is 1080 g/mol. The van der Waals surface area contributed by atoms with Crippen molar-refractivity contribution >= 4 is 79.6 Å². The van der Waals surface area contributed by atoms with Crippen LogP contribution in [-0.2, 0) is 21.7 Å². The third kappa shape index (κ3) is 7.14. The monoisotopic (exact) mass is 1080 g/mol. The van der Waals surface area contributed by atoms with E-state index >= 15 is 0 Å². The summed E-state index contributed by atoms with van der Waals surface area (Å²) < 4.78 is 0. The van der Waals surface area contributed by atoms with Gasteiger partial charge in [0.1, 0.15) is 0 Å². The van der Waals surface area contributed by atoms with Crippen molar-refractivity contribution in [1.29, 1.82) is 10.5 Å². The predicted molar refractivity (Wildman–Crippen MR) is 341 cm³/mol. The molecule has 0 radical (unpaired) electrons. The Kier molecular flexibility index (Phi) is 11.3. The Morgan fingerprint density at radius 3 is 0.964 bits per heavy atom. The Bertz CT molecular complexity index is 4560. The molecule has 4 aliphatic rings. The first-order valence-electron chi connectivity index (χ1n) is 28.5. The lowest BCUT2D eigenvalue weighted by atomic mass is 9.69. The van der Waals surface area contributed by atoms with Crippen LogP contribution < -0.4 is 19.6 Å². The van der Waals surface area contributed by atoms with Crippen molar-refractivity contribution in [3.8, 4) is 23.3 Å². The van der Waals surface area contributed by atoms with Crippen molar-refractivity contribution in [2.24, 2.45) is 0 Å². The molecule has 84 heavy (non-hydrogen) atoms. The second-order valence-electron chi connectivity index (χ2n) is 24.5. The first-order chi connectivity index (χ1) is 40.6. The van der Waals surface area contributed by atoms with Gasteiger partial charge in [-0.1, -0.05) is 183 Å². The van der Waals surface area contributed by atoms with Gasteiger partial charge in [-0.2, -0.15) is 10.5 Å². The van der Waals surface area contributed by atoms with E-state index in [1.165, 1.54) is 0 Å². The Balaban J connectivity index is 1.00. The van der Waals surface area contributed by atoms with Crippen LogP contribution in [0.1, 0.15) is 111 Å². The fourth-order valence-electron chi connectivity index (χ4n) is 14.5. The van der Waals surface area contributed by atoms with Crippen LogP contribution >= 0.6 is 0 Å². The first-order valence-corrected chi connectivity index (χ1v) is 28.5. The topological polar surface area (TPSA) is 69.3 Å². The number of nitriles is 2. The summed E-state index contributed by atoms with van der Waals surface area (Å²) >= 11 is 0. The summed E-state index contributed by atoms with van der Waals surface area (Å²) in [6.07, 6.45) is 0. The number of hydrogen-bond donors (Lipinski definition) is 0. The predicted octanol–water partition coefficient (Wildman–Crippen LogP) is 20.6. The van der Waals surface area contributed by atoms with Gasteiger partial charge >= 0.3 is 0 Å². The van der Waals surface area contributed by atoms with Gasteiger partial charge in [0.15, 0.2) is 0 Å². The number of para-hydroxylation sites is 6. The van der Waals surface area contributed by atoms with E-state index in [4.69, 9.17) is 13.1 Å². The zero-order chi connectivity index (χ0) is 58.2. The quantitative estimate of drug-likeness (QED) is 0.160. The Labute approximate surface area is 492 Å². The van der Waals surface area contributed by atoms with E-state index in [2.05, 4.69) is 279 Å². The molecule has 0 aromatic heterocycles. The molecule has 0 saturated carbocycles. The molecule has 8 heteroatoms. The van der Waals surface area contributed by atoms with Gasteiger partial charge in [0, 0.05) is 21.7 Å². The van der Waals surface area contributed by atoms with Crippen LogP contribution in [0.15, 0.2) is 206 Å². The van der Waals surface area contributed by atoms with E-state index in [1.807, 2.05) is 24.3 Å². The Morgan fingerprint density at radius 1 is 0.310 bits per heavy atom. The summed E-state index contributed by atoms with van der Waals surface area (Å²) in [6.45, 7) is 35.3. The molecular weight excluding hydrogens is 1020 g/mol. The molecule has 4 heterocycles.